The predicted molar refractivity (Wildman–Crippen MR) is 72.8 cm³/mol. The van der Waals surface area contributed by atoms with Crippen molar-refractivity contribution in [2.45, 2.75) is 13.8 Å². The summed E-state index contributed by atoms with van der Waals surface area (Å²) < 4.78 is 0. The molecule has 0 aliphatic heterocycles. The molecule has 0 radical (unpaired) electrons. The van der Waals surface area contributed by atoms with Crippen LogP contribution in [0.3, 0.4) is 0 Å². The molecule has 19 heavy (non-hydrogen) atoms. The van der Waals surface area contributed by atoms with Gasteiger partial charge in [-0.05, 0) is 11.5 Å². The number of carbonyl (C=O) groups is 1. The molecule has 3 heteroatoms. The van der Waals surface area contributed by atoms with Crippen LogP contribution in [0.15, 0.2) is 41.6 Å². The highest BCUT2D eigenvalue weighted by molar-refractivity contribution is 6.27. The third-order valence-electron chi connectivity index (χ3n) is 2.91. The first-order valence-electron chi connectivity index (χ1n) is 5.98. The molecule has 1 aromatic carbocycles. The number of ketones is 1. The SMILES string of the molecule is [C-]#[N+]C(C#N)=C1/C(=C/C(C)C)C(=O)c2ccccc21. The fraction of sp³-hybridized carbons (Fsp3) is 0.188. The van der Waals surface area contributed by atoms with Crippen LogP contribution in [0.1, 0.15) is 29.8 Å². The summed E-state index contributed by atoms with van der Waals surface area (Å²) in [6.45, 7) is 11.0. The number of nitrogens with zero attached hydrogens (tertiary/aromatic N) is 2. The van der Waals surface area contributed by atoms with E-state index in [1.807, 2.05) is 32.1 Å². The van der Waals surface area contributed by atoms with Crippen LogP contribution < -0.4 is 0 Å². The average Bonchev–Trinajstić information content (AvgIpc) is 2.66. The van der Waals surface area contributed by atoms with E-state index >= 15 is 0 Å². The lowest BCUT2D eigenvalue weighted by Crippen LogP contribution is -1.97. The van der Waals surface area contributed by atoms with Gasteiger partial charge in [0.05, 0.1) is 12.6 Å². The number of allylic oxidation sites excluding steroid dienone is 4. The minimum atomic E-state index is -0.101. The summed E-state index contributed by atoms with van der Waals surface area (Å²) in [4.78, 5) is 15.6. The van der Waals surface area contributed by atoms with Gasteiger partial charge in [0.15, 0.2) is 5.78 Å². The number of Topliss-reactive ketones (excluding diaryl/α,β-unsaturated/α-hetero) is 1. The van der Waals surface area contributed by atoms with Crippen LogP contribution in [-0.2, 0) is 0 Å². The highest BCUT2D eigenvalue weighted by atomic mass is 16.1. The minimum absolute atomic E-state index is 0.0230. The molecule has 1 aliphatic carbocycles. The molecule has 0 amide bonds. The molecule has 0 saturated carbocycles. The zero-order valence-electron chi connectivity index (χ0n) is 10.8. The van der Waals surface area contributed by atoms with E-state index in [0.717, 1.165) is 0 Å². The molecule has 92 valence electrons. The molecule has 0 atom stereocenters. The summed E-state index contributed by atoms with van der Waals surface area (Å²) in [5.41, 5.74) is 2.19. The van der Waals surface area contributed by atoms with Crippen molar-refractivity contribution in [1.82, 2.24) is 0 Å². The second-order valence-electron chi connectivity index (χ2n) is 4.65. The summed E-state index contributed by atoms with van der Waals surface area (Å²) in [5, 5.41) is 9.09. The van der Waals surface area contributed by atoms with Crippen LogP contribution in [-0.4, -0.2) is 5.78 Å². The predicted octanol–water partition coefficient (Wildman–Crippen LogP) is 3.62. The van der Waals surface area contributed by atoms with Gasteiger partial charge in [0.1, 0.15) is 0 Å². The molecule has 0 unspecified atom stereocenters. The van der Waals surface area contributed by atoms with Crippen molar-refractivity contribution in [1.29, 1.82) is 5.26 Å². The summed E-state index contributed by atoms with van der Waals surface area (Å²) in [7, 11) is 0. The van der Waals surface area contributed by atoms with E-state index in [2.05, 4.69) is 4.85 Å². The molecule has 0 heterocycles. The highest BCUT2D eigenvalue weighted by Crippen LogP contribution is 2.39. The van der Waals surface area contributed by atoms with E-state index in [1.165, 1.54) is 0 Å². The topological polar surface area (TPSA) is 45.2 Å². The Balaban J connectivity index is 2.82. The highest BCUT2D eigenvalue weighted by Gasteiger charge is 2.31. The standard InChI is InChI=1S/C16H12N2O/c1-10(2)8-13-15(14(9-17)18-3)11-6-4-5-7-12(11)16(13)19/h4-8,10H,1-2H3/b13-8-,15-14?. The van der Waals surface area contributed by atoms with Gasteiger partial charge in [-0.3, -0.25) is 4.79 Å². The summed E-state index contributed by atoms with van der Waals surface area (Å²) in [5.74, 6) is 0.0737. The quantitative estimate of drug-likeness (QED) is 0.433. The second kappa shape index (κ2) is 4.92. The first kappa shape index (κ1) is 12.8. The number of hydrogen-bond donors (Lipinski definition) is 0. The maximum absolute atomic E-state index is 12.4. The molecular formula is C16H12N2O. The summed E-state index contributed by atoms with van der Waals surface area (Å²) in [6.07, 6.45) is 1.82. The molecule has 0 saturated heterocycles. The van der Waals surface area contributed by atoms with E-state index in [1.54, 1.807) is 18.2 Å². The van der Waals surface area contributed by atoms with Crippen LogP contribution in [0, 0.1) is 23.8 Å². The Bertz CT molecular complexity index is 678. The zero-order chi connectivity index (χ0) is 14.0. The molecule has 1 aromatic rings. The van der Waals surface area contributed by atoms with Crippen LogP contribution in [0.5, 0.6) is 0 Å². The summed E-state index contributed by atoms with van der Waals surface area (Å²) >= 11 is 0. The van der Waals surface area contributed by atoms with Crippen LogP contribution in [0.4, 0.5) is 0 Å². The van der Waals surface area contributed by atoms with Crippen LogP contribution in [0.2, 0.25) is 0 Å². The minimum Gasteiger partial charge on any atom is -0.289 e. The Hall–Kier alpha value is -2.65. The van der Waals surface area contributed by atoms with Gasteiger partial charge in [0.2, 0.25) is 0 Å². The monoisotopic (exact) mass is 248 g/mol. The van der Waals surface area contributed by atoms with E-state index in [0.29, 0.717) is 22.3 Å². The maximum atomic E-state index is 12.4. The van der Waals surface area contributed by atoms with Gasteiger partial charge >= 0.3 is 0 Å². The van der Waals surface area contributed by atoms with Crippen molar-refractivity contribution in [3.8, 4) is 6.07 Å². The molecule has 0 bridgehead atoms. The fourth-order valence-electron chi connectivity index (χ4n) is 2.19. The number of rotatable bonds is 1. The van der Waals surface area contributed by atoms with Gasteiger partial charge < -0.3 is 0 Å². The van der Waals surface area contributed by atoms with Gasteiger partial charge in [-0.15, -0.1) is 0 Å². The average molecular weight is 248 g/mol. The lowest BCUT2D eigenvalue weighted by Gasteiger charge is -2.03. The van der Waals surface area contributed by atoms with Crippen molar-refractivity contribution >= 4 is 11.4 Å². The smallest absolute Gasteiger partial charge is 0.270 e. The normalized spacial score (nSPS) is 18.2. The van der Waals surface area contributed by atoms with Gasteiger partial charge in [0.25, 0.3) is 5.70 Å². The second-order valence-corrected chi connectivity index (χ2v) is 4.65. The first-order valence-corrected chi connectivity index (χ1v) is 5.98. The van der Waals surface area contributed by atoms with E-state index in [-0.39, 0.29) is 17.4 Å². The molecule has 0 N–H and O–H groups in total. The largest absolute Gasteiger partial charge is 0.289 e. The maximum Gasteiger partial charge on any atom is 0.270 e. The third-order valence-corrected chi connectivity index (χ3v) is 2.91. The number of benzene rings is 1. The van der Waals surface area contributed by atoms with E-state index in [4.69, 9.17) is 11.8 Å². The third kappa shape index (κ3) is 2.07. The van der Waals surface area contributed by atoms with Crippen molar-refractivity contribution in [3.63, 3.8) is 0 Å². The Labute approximate surface area is 112 Å². The van der Waals surface area contributed by atoms with Crippen LogP contribution in [0.25, 0.3) is 10.4 Å². The molecule has 0 fully saturated rings. The molecular weight excluding hydrogens is 236 g/mol. The zero-order valence-corrected chi connectivity index (χ0v) is 10.8. The Morgan fingerprint density at radius 3 is 2.53 bits per heavy atom. The molecule has 1 aliphatic rings. The van der Waals surface area contributed by atoms with Crippen molar-refractivity contribution in [2.75, 3.05) is 0 Å². The number of carbonyl (C=O) groups excluding carboxylic acids is 1. The lowest BCUT2D eigenvalue weighted by atomic mass is 10.00. The van der Waals surface area contributed by atoms with Crippen LogP contribution >= 0.6 is 0 Å². The van der Waals surface area contributed by atoms with E-state index < -0.39 is 0 Å². The summed E-state index contributed by atoms with van der Waals surface area (Å²) in [6, 6.07) is 9.01. The number of nitriles is 1. The van der Waals surface area contributed by atoms with Gasteiger partial charge in [0, 0.05) is 16.7 Å². The van der Waals surface area contributed by atoms with Crippen molar-refractivity contribution in [2.24, 2.45) is 5.92 Å². The molecule has 0 spiro atoms. The number of hydrogen-bond acceptors (Lipinski definition) is 2. The van der Waals surface area contributed by atoms with Crippen molar-refractivity contribution < 1.29 is 4.79 Å². The van der Waals surface area contributed by atoms with E-state index in [9.17, 15) is 4.79 Å². The van der Waals surface area contributed by atoms with Gasteiger partial charge in [-0.25, -0.2) is 10.1 Å². The number of fused-ring (bicyclic) bond motifs is 1. The van der Waals surface area contributed by atoms with Gasteiger partial charge in [-0.1, -0.05) is 44.2 Å². The molecule has 3 nitrogen and oxygen atoms in total. The molecule has 2 rings (SSSR count). The Morgan fingerprint density at radius 2 is 2.00 bits per heavy atom. The van der Waals surface area contributed by atoms with Crippen molar-refractivity contribution in [3.05, 3.63) is 64.2 Å². The van der Waals surface area contributed by atoms with Gasteiger partial charge in [-0.2, -0.15) is 0 Å². The first-order chi connectivity index (χ1) is 9.10. The Morgan fingerprint density at radius 1 is 1.37 bits per heavy atom. The lowest BCUT2D eigenvalue weighted by molar-refractivity contribution is 0.104. The fourth-order valence-corrected chi connectivity index (χ4v) is 2.19. The molecule has 0 aromatic heterocycles. The Kier molecular flexibility index (Phi) is 3.31.